The van der Waals surface area contributed by atoms with Crippen LogP contribution in [0, 0.1) is 0 Å². The van der Waals surface area contributed by atoms with Gasteiger partial charge in [-0.15, -0.1) is 0 Å². The summed E-state index contributed by atoms with van der Waals surface area (Å²) < 4.78 is 11.1. The highest BCUT2D eigenvalue weighted by Gasteiger charge is 2.29. The first kappa shape index (κ1) is 21.6. The van der Waals surface area contributed by atoms with Crippen LogP contribution < -0.4 is 5.01 Å². The first-order chi connectivity index (χ1) is 15.3. The lowest BCUT2D eigenvalue weighted by atomic mass is 10.1. The van der Waals surface area contributed by atoms with Gasteiger partial charge in [-0.1, -0.05) is 11.6 Å². The van der Waals surface area contributed by atoms with E-state index < -0.39 is 5.97 Å². The maximum absolute atomic E-state index is 13.0. The van der Waals surface area contributed by atoms with Gasteiger partial charge in [-0.05, 0) is 87.5 Å². The molecule has 32 heavy (non-hydrogen) atoms. The number of hydrogen-bond donors (Lipinski definition) is 0. The van der Waals surface area contributed by atoms with Crippen molar-refractivity contribution in [1.82, 2.24) is 0 Å². The van der Waals surface area contributed by atoms with Crippen molar-refractivity contribution in [3.05, 3.63) is 82.6 Å². The molecule has 2 heterocycles. The Morgan fingerprint density at radius 1 is 1.06 bits per heavy atom. The summed E-state index contributed by atoms with van der Waals surface area (Å²) in [6.45, 7) is 5.34. The number of anilines is 1. The summed E-state index contributed by atoms with van der Waals surface area (Å²) in [5, 5.41) is 6.33. The van der Waals surface area contributed by atoms with Crippen molar-refractivity contribution >= 4 is 41.0 Å². The number of carbonyl (C=O) groups is 2. The van der Waals surface area contributed by atoms with Crippen LogP contribution in [0.5, 0.6) is 0 Å². The van der Waals surface area contributed by atoms with Gasteiger partial charge in [0, 0.05) is 10.6 Å². The van der Waals surface area contributed by atoms with Crippen molar-refractivity contribution < 1.29 is 18.7 Å². The lowest BCUT2D eigenvalue weighted by molar-refractivity contribution is -0.114. The third-order valence-corrected chi connectivity index (χ3v) is 5.05. The average molecular weight is 449 g/mol. The summed E-state index contributed by atoms with van der Waals surface area (Å²) in [7, 11) is 0. The second kappa shape index (κ2) is 8.85. The van der Waals surface area contributed by atoms with E-state index >= 15 is 0 Å². The molecular weight excluding hydrogens is 428 g/mol. The Hall–Kier alpha value is -3.64. The molecule has 1 amide bonds. The molecule has 1 aliphatic rings. The van der Waals surface area contributed by atoms with Crippen LogP contribution in [-0.4, -0.2) is 23.7 Å². The van der Waals surface area contributed by atoms with Crippen LogP contribution in [0.25, 0.3) is 17.4 Å². The maximum Gasteiger partial charge on any atom is 0.338 e. The molecule has 6 nitrogen and oxygen atoms in total. The Morgan fingerprint density at radius 3 is 2.41 bits per heavy atom. The molecule has 3 aromatic rings. The fourth-order valence-electron chi connectivity index (χ4n) is 3.22. The zero-order valence-electron chi connectivity index (χ0n) is 17.8. The molecule has 0 unspecified atom stereocenters. The number of halogens is 1. The number of nitrogens with zero attached hydrogens (tertiary/aromatic N) is 2. The second-order valence-corrected chi connectivity index (χ2v) is 8.01. The highest BCUT2D eigenvalue weighted by atomic mass is 35.5. The van der Waals surface area contributed by atoms with Gasteiger partial charge in [-0.3, -0.25) is 4.79 Å². The average Bonchev–Trinajstić information content (AvgIpc) is 3.34. The second-order valence-electron chi connectivity index (χ2n) is 7.57. The van der Waals surface area contributed by atoms with E-state index in [1.54, 1.807) is 69.3 Å². The molecule has 0 saturated heterocycles. The highest BCUT2D eigenvalue weighted by Crippen LogP contribution is 2.28. The lowest BCUT2D eigenvalue weighted by Gasteiger charge is -2.13. The number of esters is 1. The number of furan rings is 1. The molecule has 0 N–H and O–H groups in total. The maximum atomic E-state index is 13.0. The van der Waals surface area contributed by atoms with Gasteiger partial charge >= 0.3 is 5.97 Å². The van der Waals surface area contributed by atoms with Gasteiger partial charge in [0.05, 0.1) is 28.6 Å². The zero-order valence-corrected chi connectivity index (χ0v) is 18.6. The minimum absolute atomic E-state index is 0.205. The molecule has 2 aromatic carbocycles. The number of hydrogen-bond acceptors (Lipinski definition) is 5. The predicted octanol–water partition coefficient (Wildman–Crippen LogP) is 5.97. The molecule has 0 radical (unpaired) electrons. The standard InChI is InChI=1S/C25H21ClN2O4/c1-15(2)31-25(30)18-6-10-20(11-7-18)28-24(29)22(16(3)27-28)14-21-12-13-23(32-21)17-4-8-19(26)9-5-17/h4-15H,1-3H3. The molecule has 0 atom stereocenters. The third-order valence-electron chi connectivity index (χ3n) is 4.80. The van der Waals surface area contributed by atoms with Gasteiger partial charge in [-0.2, -0.15) is 10.1 Å². The molecule has 0 bridgehead atoms. The Bertz CT molecular complexity index is 1220. The van der Waals surface area contributed by atoms with Crippen molar-refractivity contribution in [2.24, 2.45) is 5.10 Å². The Morgan fingerprint density at radius 2 is 1.75 bits per heavy atom. The summed E-state index contributed by atoms with van der Waals surface area (Å²) in [5.41, 5.74) is 2.86. The molecule has 1 aromatic heterocycles. The van der Waals surface area contributed by atoms with E-state index in [9.17, 15) is 9.59 Å². The monoisotopic (exact) mass is 448 g/mol. The fourth-order valence-corrected chi connectivity index (χ4v) is 3.35. The number of hydrazone groups is 1. The smallest absolute Gasteiger partial charge is 0.338 e. The van der Waals surface area contributed by atoms with E-state index in [1.807, 2.05) is 18.2 Å². The SMILES string of the molecule is CC1=NN(c2ccc(C(=O)OC(C)C)cc2)C(=O)C1=Cc1ccc(-c2ccc(Cl)cc2)o1. The van der Waals surface area contributed by atoms with Gasteiger partial charge in [0.1, 0.15) is 11.5 Å². The number of benzene rings is 2. The van der Waals surface area contributed by atoms with Crippen LogP contribution >= 0.6 is 11.6 Å². The molecule has 0 spiro atoms. The topological polar surface area (TPSA) is 72.1 Å². The first-order valence-electron chi connectivity index (χ1n) is 10.1. The molecule has 0 aliphatic carbocycles. The van der Waals surface area contributed by atoms with E-state index in [1.165, 1.54) is 5.01 Å². The van der Waals surface area contributed by atoms with Crippen molar-refractivity contribution in [1.29, 1.82) is 0 Å². The van der Waals surface area contributed by atoms with Crippen LogP contribution in [0.1, 0.15) is 36.9 Å². The molecule has 1 aliphatic heterocycles. The van der Waals surface area contributed by atoms with E-state index in [4.69, 9.17) is 20.8 Å². The number of rotatable bonds is 5. The van der Waals surface area contributed by atoms with Crippen LogP contribution in [0.4, 0.5) is 5.69 Å². The van der Waals surface area contributed by atoms with Crippen LogP contribution in [0.3, 0.4) is 0 Å². The highest BCUT2D eigenvalue weighted by molar-refractivity contribution is 6.32. The minimum Gasteiger partial charge on any atom is -0.459 e. The molecule has 7 heteroatoms. The van der Waals surface area contributed by atoms with E-state index in [0.717, 1.165) is 5.56 Å². The van der Waals surface area contributed by atoms with E-state index in [0.29, 0.717) is 39.1 Å². The van der Waals surface area contributed by atoms with Crippen molar-refractivity contribution in [3.63, 3.8) is 0 Å². The summed E-state index contributed by atoms with van der Waals surface area (Å²) >= 11 is 5.94. The molecule has 4 rings (SSSR count). The van der Waals surface area contributed by atoms with Crippen LogP contribution in [-0.2, 0) is 9.53 Å². The van der Waals surface area contributed by atoms with Gasteiger partial charge in [0.15, 0.2) is 0 Å². The van der Waals surface area contributed by atoms with E-state index in [2.05, 4.69) is 5.10 Å². The summed E-state index contributed by atoms with van der Waals surface area (Å²) in [6.07, 6.45) is 1.47. The van der Waals surface area contributed by atoms with Gasteiger partial charge in [0.25, 0.3) is 5.91 Å². The van der Waals surface area contributed by atoms with Crippen molar-refractivity contribution in [2.45, 2.75) is 26.9 Å². The van der Waals surface area contributed by atoms with Crippen molar-refractivity contribution in [2.75, 3.05) is 5.01 Å². The predicted molar refractivity (Wildman–Crippen MR) is 125 cm³/mol. The number of amides is 1. The quantitative estimate of drug-likeness (QED) is 0.356. The Balaban J connectivity index is 1.53. The van der Waals surface area contributed by atoms with Gasteiger partial charge in [-0.25, -0.2) is 4.79 Å². The summed E-state index contributed by atoms with van der Waals surface area (Å²) in [6, 6.07) is 17.5. The van der Waals surface area contributed by atoms with Crippen LogP contribution in [0.2, 0.25) is 5.02 Å². The van der Waals surface area contributed by atoms with E-state index in [-0.39, 0.29) is 12.0 Å². The van der Waals surface area contributed by atoms with Crippen LogP contribution in [0.15, 0.2) is 75.8 Å². The number of ether oxygens (including phenoxy) is 1. The molecule has 0 fully saturated rings. The largest absolute Gasteiger partial charge is 0.459 e. The molecule has 0 saturated carbocycles. The van der Waals surface area contributed by atoms with Gasteiger partial charge < -0.3 is 9.15 Å². The molecule has 162 valence electrons. The number of carbonyl (C=O) groups excluding carboxylic acids is 2. The normalized spacial score (nSPS) is 14.9. The third kappa shape index (κ3) is 4.50. The summed E-state index contributed by atoms with van der Waals surface area (Å²) in [5.74, 6) is 0.536. The Labute approximate surface area is 190 Å². The summed E-state index contributed by atoms with van der Waals surface area (Å²) in [4.78, 5) is 25.0. The fraction of sp³-hybridized carbons (Fsp3) is 0.160. The molecular formula is C25H21ClN2O4. The Kier molecular flexibility index (Phi) is 5.97. The minimum atomic E-state index is -0.408. The zero-order chi connectivity index (χ0) is 22.8. The first-order valence-corrected chi connectivity index (χ1v) is 10.5. The lowest BCUT2D eigenvalue weighted by Crippen LogP contribution is -2.21. The van der Waals surface area contributed by atoms with Crippen molar-refractivity contribution in [3.8, 4) is 11.3 Å². The van der Waals surface area contributed by atoms with Gasteiger partial charge in [0.2, 0.25) is 0 Å².